The summed E-state index contributed by atoms with van der Waals surface area (Å²) in [5.74, 6) is 0.703. The van der Waals surface area contributed by atoms with E-state index in [4.69, 9.17) is 18.3 Å². The maximum Gasteiger partial charge on any atom is 0.305 e. The first kappa shape index (κ1) is 34.3. The zero-order valence-corrected chi connectivity index (χ0v) is 29.9. The van der Waals surface area contributed by atoms with Crippen LogP contribution in [0.3, 0.4) is 0 Å². The van der Waals surface area contributed by atoms with E-state index in [-0.39, 0.29) is 16.0 Å². The summed E-state index contributed by atoms with van der Waals surface area (Å²) in [6.45, 7) is 22.8. The fraction of sp³-hybridized carbons (Fsp3) is 0.606. The molecule has 0 amide bonds. The molecule has 0 unspecified atom stereocenters. The molecular weight excluding hydrogens is 533 g/mol. The first-order chi connectivity index (χ1) is 18.4. The molecular formula is C33H54O5Si2. The van der Waals surface area contributed by atoms with Crippen molar-refractivity contribution < 1.29 is 23.1 Å². The third kappa shape index (κ3) is 11.9. The molecule has 0 spiro atoms. The quantitative estimate of drug-likeness (QED) is 0.132. The minimum Gasteiger partial charge on any atom is -0.489 e. The van der Waals surface area contributed by atoms with Gasteiger partial charge in [-0.25, -0.2) is 0 Å². The Hall–Kier alpha value is -1.94. The number of carbonyl (C=O) groups excluding carboxylic acids is 1. The predicted octanol–water partition coefficient (Wildman–Crippen LogP) is 7.26. The summed E-state index contributed by atoms with van der Waals surface area (Å²) in [6, 6.07) is 14.9. The Kier molecular flexibility index (Phi) is 12.2. The van der Waals surface area contributed by atoms with Crippen molar-refractivity contribution in [1.29, 1.82) is 0 Å². The maximum atomic E-state index is 11.4. The monoisotopic (exact) mass is 586 g/mol. The summed E-state index contributed by atoms with van der Waals surface area (Å²) in [4.78, 5) is 11.4. The number of esters is 1. The van der Waals surface area contributed by atoms with E-state index in [1.165, 1.54) is 23.8 Å². The van der Waals surface area contributed by atoms with Gasteiger partial charge in [-0.3, -0.25) is 4.79 Å². The van der Waals surface area contributed by atoms with E-state index in [2.05, 4.69) is 99.6 Å². The van der Waals surface area contributed by atoms with Gasteiger partial charge in [-0.05, 0) is 97.5 Å². The fourth-order valence-electron chi connectivity index (χ4n) is 4.31. The van der Waals surface area contributed by atoms with E-state index in [9.17, 15) is 4.79 Å². The molecule has 40 heavy (non-hydrogen) atoms. The Morgan fingerprint density at radius 2 is 1.32 bits per heavy atom. The summed E-state index contributed by atoms with van der Waals surface area (Å²) < 4.78 is 24.3. The van der Waals surface area contributed by atoms with Crippen molar-refractivity contribution in [3.05, 3.63) is 64.7 Å². The van der Waals surface area contributed by atoms with Gasteiger partial charge in [0.05, 0.1) is 18.3 Å². The molecule has 0 aliphatic carbocycles. The average molecular weight is 587 g/mol. The lowest BCUT2D eigenvalue weighted by molar-refractivity contribution is -0.140. The van der Waals surface area contributed by atoms with Crippen LogP contribution < -0.4 is 4.74 Å². The molecule has 0 saturated carbocycles. The second-order valence-corrected chi connectivity index (χ2v) is 19.7. The van der Waals surface area contributed by atoms with Crippen LogP contribution in [0.1, 0.15) is 111 Å². The van der Waals surface area contributed by atoms with Crippen molar-refractivity contribution in [2.75, 3.05) is 7.11 Å². The van der Waals surface area contributed by atoms with Gasteiger partial charge in [-0.15, -0.1) is 0 Å². The van der Waals surface area contributed by atoms with Gasteiger partial charge in [0, 0.05) is 6.42 Å². The molecule has 0 radical (unpaired) electrons. The largest absolute Gasteiger partial charge is 0.489 e. The molecule has 0 aliphatic heterocycles. The number of rotatable bonds is 14. The van der Waals surface area contributed by atoms with Crippen LogP contribution in [0.15, 0.2) is 42.5 Å². The maximum absolute atomic E-state index is 11.4. The van der Waals surface area contributed by atoms with Crippen molar-refractivity contribution in [3.8, 4) is 5.75 Å². The van der Waals surface area contributed by atoms with Gasteiger partial charge in [0.25, 0.3) is 0 Å². The van der Waals surface area contributed by atoms with Crippen LogP contribution in [-0.4, -0.2) is 32.6 Å². The second-order valence-electron chi connectivity index (χ2n) is 14.3. The average Bonchev–Trinajstić information content (AvgIpc) is 2.87. The summed E-state index contributed by atoms with van der Waals surface area (Å²) in [5, 5.41) is 0.417. The number of aryl methyl sites for hydroxylation is 1. The third-order valence-electron chi connectivity index (χ3n) is 6.74. The van der Waals surface area contributed by atoms with Crippen molar-refractivity contribution in [3.63, 3.8) is 0 Å². The molecule has 0 fully saturated rings. The van der Waals surface area contributed by atoms with Crippen molar-refractivity contribution in [1.82, 2.24) is 0 Å². The Labute approximate surface area is 248 Å². The number of benzene rings is 2. The van der Waals surface area contributed by atoms with Crippen LogP contribution in [-0.2, 0) is 42.6 Å². The predicted molar refractivity (Wildman–Crippen MR) is 172 cm³/mol. The SMILES string of the molecule is COC(=O)CCCCc1cccc(OCc2ccc(C(C)(C)O[SiH2]C(C)(C)C)c(C(C)(C)O[SiH2]C(C)(C)C)c2)c1. The molecule has 0 atom stereocenters. The van der Waals surface area contributed by atoms with E-state index in [1.54, 1.807) is 0 Å². The number of hydrogen-bond acceptors (Lipinski definition) is 5. The molecule has 0 heterocycles. The van der Waals surface area contributed by atoms with Crippen LogP contribution in [0.4, 0.5) is 0 Å². The minimum atomic E-state index is -0.767. The topological polar surface area (TPSA) is 54.0 Å². The van der Waals surface area contributed by atoms with Crippen LogP contribution in [0.25, 0.3) is 0 Å². The zero-order chi connectivity index (χ0) is 30.2. The molecule has 7 heteroatoms. The Morgan fingerprint density at radius 3 is 1.90 bits per heavy atom. The number of ether oxygens (including phenoxy) is 2. The first-order valence-electron chi connectivity index (χ1n) is 14.6. The lowest BCUT2D eigenvalue weighted by Crippen LogP contribution is -2.34. The Morgan fingerprint density at radius 1 is 0.725 bits per heavy atom. The minimum absolute atomic E-state index is 0.150. The molecule has 224 valence electrons. The third-order valence-corrected chi connectivity index (χ3v) is 10.2. The molecule has 2 aromatic rings. The lowest BCUT2D eigenvalue weighted by atomic mass is 9.84. The van der Waals surface area contributed by atoms with Crippen molar-refractivity contribution in [2.24, 2.45) is 0 Å². The molecule has 0 bridgehead atoms. The van der Waals surface area contributed by atoms with E-state index in [0.717, 1.165) is 30.6 Å². The van der Waals surface area contributed by atoms with Gasteiger partial charge in [0.2, 0.25) is 0 Å². The van der Waals surface area contributed by atoms with E-state index in [1.807, 2.05) is 12.1 Å². The molecule has 0 saturated heterocycles. The summed E-state index contributed by atoms with van der Waals surface area (Å²) in [7, 11) is -0.0751. The summed E-state index contributed by atoms with van der Waals surface area (Å²) >= 11 is 0. The Bertz CT molecular complexity index is 1100. The standard InChI is InChI=1S/C33H54O5Si2/c1-30(2,3)39-37-32(7,8)27-20-19-25(22-28(27)33(9,10)38-40-31(4,5)6)23-36-26-17-14-16-24(21-26)15-12-13-18-29(34)35-11/h14,16-17,19-22H,12-13,15,18,23,39-40H2,1-11H3. The molecule has 2 rings (SSSR count). The van der Waals surface area contributed by atoms with Crippen LogP contribution in [0.5, 0.6) is 5.75 Å². The smallest absolute Gasteiger partial charge is 0.305 e. The highest BCUT2D eigenvalue weighted by atomic mass is 28.2. The fourth-order valence-corrected chi connectivity index (χ4v) is 6.21. The van der Waals surface area contributed by atoms with E-state index in [0.29, 0.717) is 13.0 Å². The van der Waals surface area contributed by atoms with Gasteiger partial charge in [-0.1, -0.05) is 65.8 Å². The van der Waals surface area contributed by atoms with Crippen molar-refractivity contribution >= 4 is 25.5 Å². The van der Waals surface area contributed by atoms with Crippen LogP contribution in [0.2, 0.25) is 10.1 Å². The van der Waals surface area contributed by atoms with E-state index < -0.39 is 30.7 Å². The first-order valence-corrected chi connectivity index (χ1v) is 17.2. The van der Waals surface area contributed by atoms with Gasteiger partial charge < -0.3 is 18.3 Å². The van der Waals surface area contributed by atoms with Gasteiger partial charge in [-0.2, -0.15) is 0 Å². The highest BCUT2D eigenvalue weighted by Crippen LogP contribution is 2.39. The second kappa shape index (κ2) is 14.3. The lowest BCUT2D eigenvalue weighted by Gasteiger charge is -2.38. The van der Waals surface area contributed by atoms with Gasteiger partial charge in [0.15, 0.2) is 19.5 Å². The zero-order valence-electron chi connectivity index (χ0n) is 27.0. The number of carbonyl (C=O) groups is 1. The van der Waals surface area contributed by atoms with Crippen molar-refractivity contribution in [2.45, 2.75) is 123 Å². The molecule has 5 nitrogen and oxygen atoms in total. The van der Waals surface area contributed by atoms with E-state index >= 15 is 0 Å². The number of methoxy groups -OCH3 is 1. The summed E-state index contributed by atoms with van der Waals surface area (Å²) in [5.41, 5.74) is 3.86. The Balaban J connectivity index is 2.24. The van der Waals surface area contributed by atoms with Crippen LogP contribution >= 0.6 is 0 Å². The molecule has 0 aromatic heterocycles. The molecule has 2 aromatic carbocycles. The highest BCUT2D eigenvalue weighted by molar-refractivity contribution is 6.32. The number of hydrogen-bond donors (Lipinski definition) is 0. The highest BCUT2D eigenvalue weighted by Gasteiger charge is 2.34. The molecule has 0 N–H and O–H groups in total. The van der Waals surface area contributed by atoms with Crippen LogP contribution in [0, 0.1) is 0 Å². The normalized spacial score (nSPS) is 13.5. The van der Waals surface area contributed by atoms with Gasteiger partial charge in [0.1, 0.15) is 12.4 Å². The molecule has 0 aliphatic rings. The number of unbranched alkanes of at least 4 members (excludes halogenated alkanes) is 1. The van der Waals surface area contributed by atoms with Gasteiger partial charge >= 0.3 is 5.97 Å². The summed E-state index contributed by atoms with van der Waals surface area (Å²) in [6.07, 6.45) is 3.13.